The second-order valence-corrected chi connectivity index (χ2v) is 8.84. The van der Waals surface area contributed by atoms with Gasteiger partial charge in [-0.3, -0.25) is 4.79 Å². The summed E-state index contributed by atoms with van der Waals surface area (Å²) in [4.78, 5) is 12.2. The predicted molar refractivity (Wildman–Crippen MR) is 98.3 cm³/mol. The highest BCUT2D eigenvalue weighted by Gasteiger charge is 2.27. The minimum absolute atomic E-state index is 0.000825. The van der Waals surface area contributed by atoms with Crippen LogP contribution in [0.1, 0.15) is 36.5 Å². The summed E-state index contributed by atoms with van der Waals surface area (Å²) in [5.41, 5.74) is 3.19. The summed E-state index contributed by atoms with van der Waals surface area (Å²) in [5.74, 6) is 0.712. The Labute approximate surface area is 150 Å². The van der Waals surface area contributed by atoms with Gasteiger partial charge in [-0.2, -0.15) is 0 Å². The van der Waals surface area contributed by atoms with Crippen molar-refractivity contribution in [3.8, 4) is 5.75 Å². The van der Waals surface area contributed by atoms with Gasteiger partial charge in [-0.15, -0.1) is 0 Å². The second-order valence-electron chi connectivity index (χ2n) is 6.58. The molecule has 0 unspecified atom stereocenters. The fourth-order valence-electron chi connectivity index (χ4n) is 3.02. The molecule has 1 fully saturated rings. The van der Waals surface area contributed by atoms with Gasteiger partial charge in [0, 0.05) is 19.1 Å². The molecule has 25 heavy (non-hydrogen) atoms. The van der Waals surface area contributed by atoms with Crippen molar-refractivity contribution >= 4 is 15.9 Å². The maximum Gasteiger partial charge on any atom is 0.258 e. The molecule has 1 aromatic carbocycles. The van der Waals surface area contributed by atoms with E-state index in [9.17, 15) is 13.2 Å². The van der Waals surface area contributed by atoms with E-state index in [1.807, 2.05) is 32.9 Å². The van der Waals surface area contributed by atoms with Gasteiger partial charge in [0.1, 0.15) is 5.75 Å². The van der Waals surface area contributed by atoms with Crippen LogP contribution in [-0.4, -0.2) is 50.1 Å². The number of ether oxygens (including phenoxy) is 1. The Bertz CT molecular complexity index is 723. The summed E-state index contributed by atoms with van der Waals surface area (Å²) in [6.07, 6.45) is 1.26. The van der Waals surface area contributed by atoms with E-state index in [0.717, 1.165) is 22.4 Å². The number of benzene rings is 1. The summed E-state index contributed by atoms with van der Waals surface area (Å²) in [7, 11) is -3.14. The van der Waals surface area contributed by atoms with Crippen molar-refractivity contribution in [2.45, 2.75) is 46.6 Å². The Hall–Kier alpha value is -1.60. The monoisotopic (exact) mass is 368 g/mol. The molecule has 1 amide bonds. The second kappa shape index (κ2) is 8.19. The van der Waals surface area contributed by atoms with Gasteiger partial charge in [0.25, 0.3) is 5.91 Å². The first-order valence-corrected chi connectivity index (χ1v) is 10.3. The van der Waals surface area contributed by atoms with Crippen molar-refractivity contribution in [1.82, 2.24) is 9.62 Å². The molecular weight excluding hydrogens is 340 g/mol. The third-order valence-electron chi connectivity index (χ3n) is 4.80. The van der Waals surface area contributed by atoms with E-state index in [0.29, 0.717) is 25.9 Å². The Balaban J connectivity index is 1.84. The van der Waals surface area contributed by atoms with Gasteiger partial charge in [-0.25, -0.2) is 12.7 Å². The van der Waals surface area contributed by atoms with Gasteiger partial charge in [-0.05, 0) is 57.2 Å². The number of sulfonamides is 1. The van der Waals surface area contributed by atoms with Crippen LogP contribution in [0, 0.1) is 20.8 Å². The molecule has 0 saturated carbocycles. The number of piperidine rings is 1. The van der Waals surface area contributed by atoms with E-state index in [-0.39, 0.29) is 24.3 Å². The Kier molecular flexibility index (Phi) is 6.46. The number of hydrogen-bond acceptors (Lipinski definition) is 4. The third kappa shape index (κ3) is 4.95. The largest absolute Gasteiger partial charge is 0.483 e. The van der Waals surface area contributed by atoms with E-state index in [1.54, 1.807) is 6.92 Å². The van der Waals surface area contributed by atoms with Crippen molar-refractivity contribution in [2.24, 2.45) is 0 Å². The third-order valence-corrected chi connectivity index (χ3v) is 6.68. The van der Waals surface area contributed by atoms with Crippen LogP contribution in [0.4, 0.5) is 0 Å². The molecule has 2 rings (SSSR count). The van der Waals surface area contributed by atoms with Crippen LogP contribution in [-0.2, 0) is 14.8 Å². The van der Waals surface area contributed by atoms with E-state index >= 15 is 0 Å². The quantitative estimate of drug-likeness (QED) is 0.832. The smallest absolute Gasteiger partial charge is 0.258 e. The zero-order valence-corrected chi connectivity index (χ0v) is 16.3. The summed E-state index contributed by atoms with van der Waals surface area (Å²) in [5, 5.41) is 2.95. The number of rotatable bonds is 6. The molecule has 140 valence electrons. The lowest BCUT2D eigenvalue weighted by Gasteiger charge is -2.31. The van der Waals surface area contributed by atoms with Crippen molar-refractivity contribution < 1.29 is 17.9 Å². The van der Waals surface area contributed by atoms with Crippen LogP contribution in [0.15, 0.2) is 12.1 Å². The fraction of sp³-hybridized carbons (Fsp3) is 0.611. The molecule has 1 N–H and O–H groups in total. The zero-order valence-electron chi connectivity index (χ0n) is 15.5. The zero-order chi connectivity index (χ0) is 18.6. The van der Waals surface area contributed by atoms with E-state index < -0.39 is 10.0 Å². The SMILES string of the molecule is CCS(=O)(=O)N1CCC(NC(=O)COc2c(C)ccc(C)c2C)CC1. The molecule has 0 bridgehead atoms. The summed E-state index contributed by atoms with van der Waals surface area (Å²) in [6, 6.07) is 4.02. The van der Waals surface area contributed by atoms with Crippen molar-refractivity contribution in [1.29, 1.82) is 0 Å². The van der Waals surface area contributed by atoms with E-state index in [2.05, 4.69) is 5.32 Å². The fourth-order valence-corrected chi connectivity index (χ4v) is 4.15. The molecule has 1 aliphatic heterocycles. The average Bonchev–Trinajstić information content (AvgIpc) is 2.59. The first-order chi connectivity index (χ1) is 11.7. The van der Waals surface area contributed by atoms with Gasteiger partial charge in [0.15, 0.2) is 6.61 Å². The maximum atomic E-state index is 12.2. The van der Waals surface area contributed by atoms with Gasteiger partial charge < -0.3 is 10.1 Å². The highest BCUT2D eigenvalue weighted by Crippen LogP contribution is 2.25. The lowest BCUT2D eigenvalue weighted by atomic mass is 10.1. The Morgan fingerprint density at radius 3 is 2.40 bits per heavy atom. The van der Waals surface area contributed by atoms with Crippen molar-refractivity contribution in [2.75, 3.05) is 25.4 Å². The molecule has 7 heteroatoms. The molecule has 1 aromatic rings. The molecule has 0 aromatic heterocycles. The molecular formula is C18H28N2O4S. The minimum Gasteiger partial charge on any atom is -0.483 e. The number of carbonyl (C=O) groups is 1. The van der Waals surface area contributed by atoms with Gasteiger partial charge in [0.2, 0.25) is 10.0 Å². The number of aryl methyl sites for hydroxylation is 2. The summed E-state index contributed by atoms with van der Waals surface area (Å²) < 4.78 is 30.9. The first kappa shape index (κ1) is 19.7. The number of carbonyl (C=O) groups excluding carboxylic acids is 1. The molecule has 1 saturated heterocycles. The molecule has 0 spiro atoms. The summed E-state index contributed by atoms with van der Waals surface area (Å²) in [6.45, 7) is 8.49. The topological polar surface area (TPSA) is 75.7 Å². The standard InChI is InChI=1S/C18H28N2O4S/c1-5-25(22,23)20-10-8-16(9-11-20)19-17(21)12-24-18-14(3)7-6-13(2)15(18)4/h6-7,16H,5,8-12H2,1-4H3,(H,19,21). The normalized spacial score (nSPS) is 16.6. The molecule has 0 atom stereocenters. The highest BCUT2D eigenvalue weighted by atomic mass is 32.2. The lowest BCUT2D eigenvalue weighted by Crippen LogP contribution is -2.47. The number of nitrogens with one attached hydrogen (secondary N) is 1. The molecule has 6 nitrogen and oxygen atoms in total. The predicted octanol–water partition coefficient (Wildman–Crippen LogP) is 1.92. The first-order valence-electron chi connectivity index (χ1n) is 8.71. The lowest BCUT2D eigenvalue weighted by molar-refractivity contribution is -0.124. The van der Waals surface area contributed by atoms with Gasteiger partial charge in [0.05, 0.1) is 5.75 Å². The molecule has 0 aliphatic carbocycles. The van der Waals surface area contributed by atoms with Crippen LogP contribution in [0.5, 0.6) is 5.75 Å². The number of amides is 1. The van der Waals surface area contributed by atoms with Crippen LogP contribution in [0.25, 0.3) is 0 Å². The van der Waals surface area contributed by atoms with Gasteiger partial charge >= 0.3 is 0 Å². The summed E-state index contributed by atoms with van der Waals surface area (Å²) >= 11 is 0. The Morgan fingerprint density at radius 1 is 1.20 bits per heavy atom. The average molecular weight is 368 g/mol. The van der Waals surface area contributed by atoms with E-state index in [4.69, 9.17) is 4.74 Å². The van der Waals surface area contributed by atoms with Crippen LogP contribution < -0.4 is 10.1 Å². The molecule has 0 radical (unpaired) electrons. The van der Waals surface area contributed by atoms with Crippen LogP contribution in [0.3, 0.4) is 0 Å². The van der Waals surface area contributed by atoms with E-state index in [1.165, 1.54) is 4.31 Å². The van der Waals surface area contributed by atoms with Crippen molar-refractivity contribution in [3.63, 3.8) is 0 Å². The highest BCUT2D eigenvalue weighted by molar-refractivity contribution is 7.89. The van der Waals surface area contributed by atoms with Gasteiger partial charge in [-0.1, -0.05) is 12.1 Å². The van der Waals surface area contributed by atoms with Crippen molar-refractivity contribution in [3.05, 3.63) is 28.8 Å². The van der Waals surface area contributed by atoms with Crippen LogP contribution >= 0.6 is 0 Å². The molecule has 1 aliphatic rings. The Morgan fingerprint density at radius 2 is 1.80 bits per heavy atom. The number of hydrogen-bond donors (Lipinski definition) is 1. The molecule has 1 heterocycles. The minimum atomic E-state index is -3.14. The number of nitrogens with zero attached hydrogens (tertiary/aromatic N) is 1. The maximum absolute atomic E-state index is 12.2. The van der Waals surface area contributed by atoms with Crippen LogP contribution in [0.2, 0.25) is 0 Å².